The van der Waals surface area contributed by atoms with Gasteiger partial charge in [0.25, 0.3) is 0 Å². The van der Waals surface area contributed by atoms with E-state index in [0.29, 0.717) is 11.3 Å². The van der Waals surface area contributed by atoms with Crippen LogP contribution in [0.1, 0.15) is 28.4 Å². The van der Waals surface area contributed by atoms with Crippen LogP contribution in [0.15, 0.2) is 30.3 Å². The van der Waals surface area contributed by atoms with Gasteiger partial charge in [0.2, 0.25) is 0 Å². The highest BCUT2D eigenvalue weighted by Crippen LogP contribution is 2.32. The molecule has 0 aliphatic carbocycles. The van der Waals surface area contributed by atoms with Gasteiger partial charge >= 0.3 is 0 Å². The average molecular weight is 290 g/mol. The van der Waals surface area contributed by atoms with Crippen molar-refractivity contribution >= 4 is 0 Å². The van der Waals surface area contributed by atoms with E-state index in [-0.39, 0.29) is 5.56 Å². The van der Waals surface area contributed by atoms with Gasteiger partial charge in [-0.15, -0.1) is 0 Å². The van der Waals surface area contributed by atoms with Crippen molar-refractivity contribution in [3.05, 3.63) is 58.4 Å². The molecule has 112 valence electrons. The average Bonchev–Trinajstić information content (AvgIpc) is 2.48. The molecule has 4 heteroatoms. The van der Waals surface area contributed by atoms with Crippen molar-refractivity contribution in [1.29, 1.82) is 0 Å². The molecule has 0 spiro atoms. The first-order valence-corrected chi connectivity index (χ1v) is 6.64. The number of hydrogen-bond acceptors (Lipinski definition) is 3. The zero-order chi connectivity index (χ0) is 15.6. The van der Waals surface area contributed by atoms with E-state index in [4.69, 9.17) is 9.47 Å². The fourth-order valence-corrected chi connectivity index (χ4v) is 2.35. The lowest BCUT2D eigenvalue weighted by Crippen LogP contribution is -2.06. The number of aliphatic hydroxyl groups is 1. The highest BCUT2D eigenvalue weighted by molar-refractivity contribution is 5.45. The number of aliphatic hydroxyl groups excluding tert-OH is 1. The molecule has 0 heterocycles. The number of hydrogen-bond donors (Lipinski definition) is 1. The van der Waals surface area contributed by atoms with Crippen LogP contribution in [0.4, 0.5) is 4.39 Å². The number of benzene rings is 2. The first kappa shape index (κ1) is 15.3. The van der Waals surface area contributed by atoms with Gasteiger partial charge in [0.05, 0.1) is 14.2 Å². The van der Waals surface area contributed by atoms with E-state index in [1.807, 2.05) is 26.0 Å². The van der Waals surface area contributed by atoms with E-state index < -0.39 is 11.9 Å². The molecule has 0 fully saturated rings. The summed E-state index contributed by atoms with van der Waals surface area (Å²) in [6.07, 6.45) is -1.03. The molecule has 0 saturated carbocycles. The Kier molecular flexibility index (Phi) is 4.48. The van der Waals surface area contributed by atoms with Crippen molar-refractivity contribution in [2.45, 2.75) is 20.0 Å². The molecule has 1 atom stereocenters. The van der Waals surface area contributed by atoms with Gasteiger partial charge in [-0.25, -0.2) is 4.39 Å². The summed E-state index contributed by atoms with van der Waals surface area (Å²) in [6.45, 7) is 3.75. The summed E-state index contributed by atoms with van der Waals surface area (Å²) >= 11 is 0. The Bertz CT molecular complexity index is 653. The highest BCUT2D eigenvalue weighted by atomic mass is 19.1. The van der Waals surface area contributed by atoms with Gasteiger partial charge in [0.15, 0.2) is 0 Å². The molecular weight excluding hydrogens is 271 g/mol. The Labute approximate surface area is 124 Å². The Balaban J connectivity index is 2.45. The third kappa shape index (κ3) is 3.00. The molecule has 0 radical (unpaired) electrons. The molecular formula is C17H19FO3. The van der Waals surface area contributed by atoms with Gasteiger partial charge < -0.3 is 14.6 Å². The summed E-state index contributed by atoms with van der Waals surface area (Å²) in [5, 5.41) is 10.5. The number of aryl methyl sites for hydroxylation is 2. The molecule has 3 nitrogen and oxygen atoms in total. The topological polar surface area (TPSA) is 38.7 Å². The van der Waals surface area contributed by atoms with E-state index in [1.165, 1.54) is 19.2 Å². The minimum absolute atomic E-state index is 0.225. The van der Waals surface area contributed by atoms with E-state index in [9.17, 15) is 9.50 Å². The van der Waals surface area contributed by atoms with Crippen molar-refractivity contribution in [2.24, 2.45) is 0 Å². The van der Waals surface area contributed by atoms with Crippen molar-refractivity contribution in [3.8, 4) is 11.5 Å². The molecule has 0 amide bonds. The van der Waals surface area contributed by atoms with Crippen molar-refractivity contribution in [3.63, 3.8) is 0 Å². The minimum atomic E-state index is -1.03. The Hall–Kier alpha value is -2.07. The Morgan fingerprint density at radius 2 is 1.67 bits per heavy atom. The summed E-state index contributed by atoms with van der Waals surface area (Å²) < 4.78 is 24.3. The van der Waals surface area contributed by atoms with E-state index in [0.717, 1.165) is 16.9 Å². The molecule has 0 saturated heterocycles. The molecule has 2 aromatic carbocycles. The molecule has 0 aliphatic rings. The van der Waals surface area contributed by atoms with Crippen LogP contribution in [-0.2, 0) is 0 Å². The Morgan fingerprint density at radius 3 is 2.24 bits per heavy atom. The van der Waals surface area contributed by atoms with Crippen molar-refractivity contribution in [2.75, 3.05) is 14.2 Å². The largest absolute Gasteiger partial charge is 0.497 e. The van der Waals surface area contributed by atoms with Gasteiger partial charge in [-0.2, -0.15) is 0 Å². The van der Waals surface area contributed by atoms with E-state index >= 15 is 0 Å². The standard InChI is InChI=1S/C17H19FO3/c1-10-8-16(21-4)11(2)7-14(10)17(19)13-6-5-12(20-3)9-15(13)18/h5-9,17,19H,1-4H3. The fraction of sp³-hybridized carbons (Fsp3) is 0.294. The third-order valence-corrected chi connectivity index (χ3v) is 3.58. The summed E-state index contributed by atoms with van der Waals surface area (Å²) in [5.74, 6) is 0.680. The van der Waals surface area contributed by atoms with Crippen LogP contribution >= 0.6 is 0 Å². The first-order valence-electron chi connectivity index (χ1n) is 6.64. The van der Waals surface area contributed by atoms with Crippen LogP contribution in [0.5, 0.6) is 11.5 Å². The highest BCUT2D eigenvalue weighted by Gasteiger charge is 2.19. The van der Waals surface area contributed by atoms with Crippen molar-refractivity contribution < 1.29 is 19.0 Å². The molecule has 0 aromatic heterocycles. The van der Waals surface area contributed by atoms with Crippen LogP contribution in [0.25, 0.3) is 0 Å². The third-order valence-electron chi connectivity index (χ3n) is 3.58. The molecule has 21 heavy (non-hydrogen) atoms. The quantitative estimate of drug-likeness (QED) is 0.936. The van der Waals surface area contributed by atoms with Gasteiger partial charge in [0, 0.05) is 11.6 Å². The number of rotatable bonds is 4. The second kappa shape index (κ2) is 6.14. The SMILES string of the molecule is COc1ccc(C(O)c2cc(C)c(OC)cc2C)c(F)c1. The van der Waals surface area contributed by atoms with Gasteiger partial charge in [-0.3, -0.25) is 0 Å². The first-order chi connectivity index (χ1) is 9.97. The lowest BCUT2D eigenvalue weighted by atomic mass is 9.95. The van der Waals surface area contributed by atoms with Crippen LogP contribution in [-0.4, -0.2) is 19.3 Å². The van der Waals surface area contributed by atoms with E-state index in [1.54, 1.807) is 13.2 Å². The summed E-state index contributed by atoms with van der Waals surface area (Å²) in [4.78, 5) is 0. The lowest BCUT2D eigenvalue weighted by molar-refractivity contribution is 0.213. The van der Waals surface area contributed by atoms with Gasteiger partial charge in [-0.1, -0.05) is 0 Å². The maximum absolute atomic E-state index is 14.1. The summed E-state index contributed by atoms with van der Waals surface area (Å²) in [7, 11) is 3.07. The van der Waals surface area contributed by atoms with Crippen LogP contribution in [0, 0.1) is 19.7 Å². The second-order valence-corrected chi connectivity index (χ2v) is 4.97. The van der Waals surface area contributed by atoms with Gasteiger partial charge in [-0.05, 0) is 54.8 Å². The molecule has 0 aliphatic heterocycles. The van der Waals surface area contributed by atoms with Crippen LogP contribution in [0.3, 0.4) is 0 Å². The molecule has 0 bridgehead atoms. The van der Waals surface area contributed by atoms with Crippen molar-refractivity contribution in [1.82, 2.24) is 0 Å². The molecule has 2 rings (SSSR count). The maximum Gasteiger partial charge on any atom is 0.133 e. The lowest BCUT2D eigenvalue weighted by Gasteiger charge is -2.17. The second-order valence-electron chi connectivity index (χ2n) is 4.97. The number of halogens is 1. The monoisotopic (exact) mass is 290 g/mol. The minimum Gasteiger partial charge on any atom is -0.497 e. The molecule has 1 unspecified atom stereocenters. The number of methoxy groups -OCH3 is 2. The summed E-state index contributed by atoms with van der Waals surface area (Å²) in [6, 6.07) is 8.10. The summed E-state index contributed by atoms with van der Waals surface area (Å²) in [5.41, 5.74) is 2.63. The predicted molar refractivity (Wildman–Crippen MR) is 79.5 cm³/mol. The Morgan fingerprint density at radius 1 is 0.952 bits per heavy atom. The van der Waals surface area contributed by atoms with Gasteiger partial charge in [0.1, 0.15) is 23.4 Å². The fourth-order valence-electron chi connectivity index (χ4n) is 2.35. The smallest absolute Gasteiger partial charge is 0.133 e. The van der Waals surface area contributed by atoms with Crippen LogP contribution < -0.4 is 9.47 Å². The van der Waals surface area contributed by atoms with Crippen LogP contribution in [0.2, 0.25) is 0 Å². The van der Waals surface area contributed by atoms with E-state index in [2.05, 4.69) is 0 Å². The zero-order valence-corrected chi connectivity index (χ0v) is 12.6. The zero-order valence-electron chi connectivity index (χ0n) is 12.6. The molecule has 2 aromatic rings. The molecule has 1 N–H and O–H groups in total. The normalized spacial score (nSPS) is 12.1. The maximum atomic E-state index is 14.1. The predicted octanol–water partition coefficient (Wildman–Crippen LogP) is 3.54. The number of ether oxygens (including phenoxy) is 2.